The van der Waals surface area contributed by atoms with E-state index in [0.717, 1.165) is 11.3 Å². The van der Waals surface area contributed by atoms with Gasteiger partial charge in [-0.3, -0.25) is 4.79 Å². The molecule has 1 aromatic heterocycles. The number of carbonyl (C=O) groups is 1. The summed E-state index contributed by atoms with van der Waals surface area (Å²) in [7, 11) is 1.65. The first kappa shape index (κ1) is 13.4. The van der Waals surface area contributed by atoms with E-state index < -0.39 is 0 Å². The smallest absolute Gasteiger partial charge is 0.140 e. The van der Waals surface area contributed by atoms with Crippen LogP contribution < -0.4 is 0 Å². The highest BCUT2D eigenvalue weighted by atomic mass is 32.1. The van der Waals surface area contributed by atoms with E-state index in [9.17, 15) is 4.79 Å². The van der Waals surface area contributed by atoms with Gasteiger partial charge in [-0.2, -0.15) is 0 Å². The minimum atomic E-state index is -0.345. The lowest BCUT2D eigenvalue weighted by molar-refractivity contribution is -0.123. The summed E-state index contributed by atoms with van der Waals surface area (Å²) >= 11 is 1.73. The maximum absolute atomic E-state index is 11.8. The average Bonchev–Trinajstić information content (AvgIpc) is 2.64. The molecule has 0 radical (unpaired) electrons. The molecule has 0 aliphatic carbocycles. The Bertz CT molecular complexity index is 353. The van der Waals surface area contributed by atoms with Gasteiger partial charge in [0.05, 0.1) is 5.60 Å². The molecule has 0 N–H and O–H groups in total. The van der Waals surface area contributed by atoms with Crippen molar-refractivity contribution in [1.29, 1.82) is 0 Å². The third-order valence-electron chi connectivity index (χ3n) is 2.61. The molecule has 0 bridgehead atoms. The van der Waals surface area contributed by atoms with E-state index in [1.54, 1.807) is 18.4 Å². The number of methoxy groups -OCH3 is 1. The Kier molecular flexibility index (Phi) is 4.69. The van der Waals surface area contributed by atoms with Gasteiger partial charge in [0.2, 0.25) is 0 Å². The fourth-order valence-corrected chi connectivity index (χ4v) is 2.50. The fourth-order valence-electron chi connectivity index (χ4n) is 1.51. The van der Waals surface area contributed by atoms with E-state index >= 15 is 0 Å². The largest absolute Gasteiger partial charge is 0.378 e. The van der Waals surface area contributed by atoms with Crippen molar-refractivity contribution in [2.24, 2.45) is 0 Å². The highest BCUT2D eigenvalue weighted by molar-refractivity contribution is 7.12. The summed E-state index contributed by atoms with van der Waals surface area (Å²) in [6.07, 6.45) is 2.06. The van der Waals surface area contributed by atoms with Crippen LogP contribution in [0.3, 0.4) is 0 Å². The second kappa shape index (κ2) is 5.60. The molecule has 0 aliphatic heterocycles. The van der Waals surface area contributed by atoms with Gasteiger partial charge in [0.15, 0.2) is 0 Å². The molecule has 0 spiro atoms. The van der Waals surface area contributed by atoms with Crippen LogP contribution in [0.4, 0.5) is 0 Å². The number of carbonyl (C=O) groups excluding carboxylic acids is 1. The summed E-state index contributed by atoms with van der Waals surface area (Å²) in [4.78, 5) is 14.3. The Hall–Kier alpha value is -0.670. The quantitative estimate of drug-likeness (QED) is 0.763. The molecular weight excluding hydrogens is 220 g/mol. The molecule has 0 aromatic carbocycles. The molecule has 0 saturated carbocycles. The normalized spacial score (nSPS) is 11.8. The molecule has 0 amide bonds. The Labute approximate surface area is 102 Å². The zero-order chi connectivity index (χ0) is 12.2. The van der Waals surface area contributed by atoms with Crippen LogP contribution in [0.25, 0.3) is 0 Å². The fraction of sp³-hybridized carbons (Fsp3) is 0.615. The molecule has 3 heteroatoms. The first-order chi connectivity index (χ1) is 7.46. The third kappa shape index (κ3) is 4.06. The monoisotopic (exact) mass is 240 g/mol. The van der Waals surface area contributed by atoms with E-state index in [2.05, 4.69) is 19.1 Å². The highest BCUT2D eigenvalue weighted by Gasteiger charge is 2.21. The zero-order valence-electron chi connectivity index (χ0n) is 10.5. The summed E-state index contributed by atoms with van der Waals surface area (Å²) in [5.41, 5.74) is -0.345. The minimum absolute atomic E-state index is 0.247. The van der Waals surface area contributed by atoms with Crippen LogP contribution in [0.15, 0.2) is 12.1 Å². The molecule has 90 valence electrons. The molecule has 0 unspecified atom stereocenters. The number of hydrogen-bond acceptors (Lipinski definition) is 3. The number of aryl methyl sites for hydroxylation is 1. The maximum atomic E-state index is 11.8. The second-order valence-corrected chi connectivity index (χ2v) is 5.83. The van der Waals surface area contributed by atoms with Crippen LogP contribution >= 0.6 is 11.3 Å². The van der Waals surface area contributed by atoms with E-state index in [0.29, 0.717) is 12.8 Å². The molecule has 1 aromatic rings. The molecule has 1 heterocycles. The van der Waals surface area contributed by atoms with Gasteiger partial charge in [-0.15, -0.1) is 11.3 Å². The molecule has 0 atom stereocenters. The van der Waals surface area contributed by atoms with Gasteiger partial charge >= 0.3 is 0 Å². The van der Waals surface area contributed by atoms with Gasteiger partial charge in [0.25, 0.3) is 0 Å². The van der Waals surface area contributed by atoms with Gasteiger partial charge in [-0.05, 0) is 32.4 Å². The molecule has 0 saturated heterocycles. The number of Topliss-reactive ketones (excluding diaryl/α,β-unsaturated/α-hetero) is 1. The number of hydrogen-bond donors (Lipinski definition) is 0. The Morgan fingerprint density at radius 2 is 2.00 bits per heavy atom. The highest BCUT2D eigenvalue weighted by Crippen LogP contribution is 2.20. The average molecular weight is 240 g/mol. The number of ketones is 1. The van der Waals surface area contributed by atoms with E-state index in [4.69, 9.17) is 4.74 Å². The van der Waals surface area contributed by atoms with Gasteiger partial charge in [-0.1, -0.05) is 6.92 Å². The van der Waals surface area contributed by atoms with Crippen LogP contribution in [0.2, 0.25) is 0 Å². The molecule has 1 rings (SSSR count). The van der Waals surface area contributed by atoms with Crippen molar-refractivity contribution in [3.8, 4) is 0 Å². The lowest BCUT2D eigenvalue weighted by Crippen LogP contribution is -2.26. The Morgan fingerprint density at radius 3 is 2.50 bits per heavy atom. The molecule has 0 aliphatic rings. The van der Waals surface area contributed by atoms with E-state index in [1.165, 1.54) is 4.88 Å². The summed E-state index contributed by atoms with van der Waals surface area (Å²) in [5.74, 6) is 0.247. The second-order valence-electron chi connectivity index (χ2n) is 4.58. The zero-order valence-corrected chi connectivity index (χ0v) is 11.3. The maximum Gasteiger partial charge on any atom is 0.140 e. The standard InChI is InChI=1S/C13H20O2S/c1-5-11-6-7-12(16-11)8-10(14)9-13(2,3)15-4/h6-7H,5,8-9H2,1-4H3. The summed E-state index contributed by atoms with van der Waals surface area (Å²) in [6.45, 7) is 6.01. The van der Waals surface area contributed by atoms with E-state index in [1.807, 2.05) is 13.8 Å². The first-order valence-corrected chi connectivity index (χ1v) is 6.43. The van der Waals surface area contributed by atoms with Crippen LogP contribution in [0.1, 0.15) is 36.9 Å². The summed E-state index contributed by atoms with van der Waals surface area (Å²) < 4.78 is 5.25. The summed E-state index contributed by atoms with van der Waals surface area (Å²) in [5, 5.41) is 0. The minimum Gasteiger partial charge on any atom is -0.378 e. The van der Waals surface area contributed by atoms with Crippen molar-refractivity contribution in [3.05, 3.63) is 21.9 Å². The molecule has 0 fully saturated rings. The van der Waals surface area contributed by atoms with Gasteiger partial charge in [0.1, 0.15) is 5.78 Å². The van der Waals surface area contributed by atoms with Crippen molar-refractivity contribution in [2.75, 3.05) is 7.11 Å². The van der Waals surface area contributed by atoms with E-state index in [-0.39, 0.29) is 11.4 Å². The van der Waals surface area contributed by atoms with Crippen molar-refractivity contribution in [3.63, 3.8) is 0 Å². The third-order valence-corrected chi connectivity index (χ3v) is 3.84. The van der Waals surface area contributed by atoms with Crippen molar-refractivity contribution in [1.82, 2.24) is 0 Å². The van der Waals surface area contributed by atoms with Gasteiger partial charge < -0.3 is 4.74 Å². The lowest BCUT2D eigenvalue weighted by atomic mass is 10.00. The first-order valence-electron chi connectivity index (χ1n) is 5.61. The lowest BCUT2D eigenvalue weighted by Gasteiger charge is -2.21. The van der Waals surface area contributed by atoms with Crippen LogP contribution in [0.5, 0.6) is 0 Å². The van der Waals surface area contributed by atoms with Crippen LogP contribution in [-0.2, 0) is 22.4 Å². The van der Waals surface area contributed by atoms with Crippen molar-refractivity contribution in [2.45, 2.75) is 45.6 Å². The van der Waals surface area contributed by atoms with Gasteiger partial charge in [0, 0.05) is 29.7 Å². The molecule has 2 nitrogen and oxygen atoms in total. The van der Waals surface area contributed by atoms with Crippen molar-refractivity contribution >= 4 is 17.1 Å². The number of thiophene rings is 1. The SMILES string of the molecule is CCc1ccc(CC(=O)CC(C)(C)OC)s1. The van der Waals surface area contributed by atoms with Gasteiger partial charge in [-0.25, -0.2) is 0 Å². The predicted octanol–water partition coefficient (Wildman–Crippen LogP) is 3.24. The Balaban J connectivity index is 2.51. The Morgan fingerprint density at radius 1 is 1.38 bits per heavy atom. The molecule has 16 heavy (non-hydrogen) atoms. The van der Waals surface area contributed by atoms with Crippen LogP contribution in [0, 0.1) is 0 Å². The topological polar surface area (TPSA) is 26.3 Å². The predicted molar refractivity (Wildman–Crippen MR) is 68.1 cm³/mol. The summed E-state index contributed by atoms with van der Waals surface area (Å²) in [6, 6.07) is 4.16. The van der Waals surface area contributed by atoms with Crippen LogP contribution in [-0.4, -0.2) is 18.5 Å². The number of ether oxygens (including phenoxy) is 1. The molecular formula is C13H20O2S. The van der Waals surface area contributed by atoms with Crippen molar-refractivity contribution < 1.29 is 9.53 Å². The number of rotatable bonds is 6.